The number of amides is 1. The maximum absolute atomic E-state index is 12.6. The van der Waals surface area contributed by atoms with Crippen molar-refractivity contribution in [3.8, 4) is 0 Å². The number of carboxylic acid groups (broad SMARTS) is 1. The maximum atomic E-state index is 12.6. The predicted molar refractivity (Wildman–Crippen MR) is 95.6 cm³/mol. The molecular formula is C20H23NO5. The van der Waals surface area contributed by atoms with Gasteiger partial charge in [-0.05, 0) is 48.9 Å². The Bertz CT molecular complexity index is 724. The summed E-state index contributed by atoms with van der Waals surface area (Å²) in [4.78, 5) is 36.0. The van der Waals surface area contributed by atoms with Crippen LogP contribution in [0.2, 0.25) is 0 Å². The molecule has 6 nitrogen and oxygen atoms in total. The highest BCUT2D eigenvalue weighted by Crippen LogP contribution is 2.48. The highest BCUT2D eigenvalue weighted by atomic mass is 16.5. The summed E-state index contributed by atoms with van der Waals surface area (Å²) in [5.74, 6) is -2.90. The summed E-state index contributed by atoms with van der Waals surface area (Å²) in [6, 6.07) is 6.46. The van der Waals surface area contributed by atoms with Crippen LogP contribution in [0.3, 0.4) is 0 Å². The minimum atomic E-state index is -0.924. The van der Waals surface area contributed by atoms with Crippen LogP contribution in [0.4, 0.5) is 5.69 Å². The first-order chi connectivity index (χ1) is 12.5. The van der Waals surface area contributed by atoms with E-state index in [9.17, 15) is 19.5 Å². The average Bonchev–Trinajstić information content (AvgIpc) is 3.23. The quantitative estimate of drug-likeness (QED) is 0.444. The zero-order valence-electron chi connectivity index (χ0n) is 14.7. The summed E-state index contributed by atoms with van der Waals surface area (Å²) in [6.45, 7) is 2.41. The fraction of sp³-hybridized carbons (Fsp3) is 0.450. The Morgan fingerprint density at radius 2 is 1.77 bits per heavy atom. The minimum Gasteiger partial charge on any atom is -0.481 e. The Morgan fingerprint density at radius 3 is 2.38 bits per heavy atom. The lowest BCUT2D eigenvalue weighted by molar-refractivity contribution is -0.146. The van der Waals surface area contributed by atoms with E-state index in [0.717, 1.165) is 19.3 Å². The number of benzene rings is 1. The van der Waals surface area contributed by atoms with Crippen LogP contribution in [-0.2, 0) is 14.3 Å². The molecule has 138 valence electrons. The highest BCUT2D eigenvalue weighted by Gasteiger charge is 2.51. The van der Waals surface area contributed by atoms with E-state index in [0.29, 0.717) is 17.9 Å². The van der Waals surface area contributed by atoms with E-state index in [2.05, 4.69) is 5.32 Å². The summed E-state index contributed by atoms with van der Waals surface area (Å²) in [5, 5.41) is 12.2. The van der Waals surface area contributed by atoms with Crippen molar-refractivity contribution in [3.63, 3.8) is 0 Å². The van der Waals surface area contributed by atoms with E-state index in [1.165, 1.54) is 0 Å². The SMILES string of the molecule is CCCCOC(=O)c1ccc(NC(=O)[C@@H]2[C@@H](C(=O)O)[C@H]3C=C[C@H]2C3)cc1. The topological polar surface area (TPSA) is 92.7 Å². The zero-order chi connectivity index (χ0) is 18.7. The maximum Gasteiger partial charge on any atom is 0.338 e. The van der Waals surface area contributed by atoms with Crippen molar-refractivity contribution in [1.82, 2.24) is 0 Å². The Labute approximate surface area is 152 Å². The number of unbranched alkanes of at least 4 members (excludes halogenated alkanes) is 1. The first kappa shape index (κ1) is 18.2. The van der Waals surface area contributed by atoms with E-state index in [-0.39, 0.29) is 23.7 Å². The molecule has 0 radical (unpaired) electrons. The second-order valence-electron chi connectivity index (χ2n) is 6.89. The molecule has 0 aliphatic heterocycles. The molecule has 0 unspecified atom stereocenters. The molecule has 1 aromatic carbocycles. The van der Waals surface area contributed by atoms with Crippen LogP contribution in [-0.4, -0.2) is 29.6 Å². The number of fused-ring (bicyclic) bond motifs is 2. The number of hydrogen-bond acceptors (Lipinski definition) is 4. The minimum absolute atomic E-state index is 0.0195. The van der Waals surface area contributed by atoms with Crippen LogP contribution >= 0.6 is 0 Å². The molecule has 1 aromatic rings. The Kier molecular flexibility index (Phi) is 5.40. The van der Waals surface area contributed by atoms with Gasteiger partial charge in [-0.25, -0.2) is 4.79 Å². The van der Waals surface area contributed by atoms with E-state index in [1.54, 1.807) is 24.3 Å². The van der Waals surface area contributed by atoms with Gasteiger partial charge in [0.25, 0.3) is 0 Å². The molecule has 0 heterocycles. The zero-order valence-corrected chi connectivity index (χ0v) is 14.7. The molecule has 1 amide bonds. The van der Waals surface area contributed by atoms with Crippen LogP contribution in [0.25, 0.3) is 0 Å². The summed E-state index contributed by atoms with van der Waals surface area (Å²) in [7, 11) is 0. The number of hydrogen-bond donors (Lipinski definition) is 2. The monoisotopic (exact) mass is 357 g/mol. The van der Waals surface area contributed by atoms with Gasteiger partial charge in [0.05, 0.1) is 24.0 Å². The standard InChI is InChI=1S/C20H23NO5/c1-2-3-10-26-20(25)12-6-8-15(9-7-12)21-18(22)16-13-4-5-14(11-13)17(16)19(23)24/h4-9,13-14,16-17H,2-3,10-11H2,1H3,(H,21,22)(H,23,24)/t13-,14-,16-,17-/m0/s1. The number of rotatable bonds is 7. The average molecular weight is 357 g/mol. The molecule has 2 bridgehead atoms. The van der Waals surface area contributed by atoms with Gasteiger partial charge in [0.15, 0.2) is 0 Å². The van der Waals surface area contributed by atoms with Crippen molar-refractivity contribution in [1.29, 1.82) is 0 Å². The summed E-state index contributed by atoms with van der Waals surface area (Å²) in [5.41, 5.74) is 0.960. The van der Waals surface area contributed by atoms with Gasteiger partial charge in [-0.1, -0.05) is 25.5 Å². The van der Waals surface area contributed by atoms with Gasteiger partial charge in [0.1, 0.15) is 0 Å². The Morgan fingerprint density at radius 1 is 1.12 bits per heavy atom. The van der Waals surface area contributed by atoms with Gasteiger partial charge in [-0.3, -0.25) is 9.59 Å². The smallest absolute Gasteiger partial charge is 0.338 e. The number of esters is 1. The highest BCUT2D eigenvalue weighted by molar-refractivity contribution is 5.97. The molecule has 2 aliphatic carbocycles. The molecule has 3 rings (SSSR count). The number of ether oxygens (including phenoxy) is 1. The van der Waals surface area contributed by atoms with E-state index in [1.807, 2.05) is 19.1 Å². The van der Waals surface area contributed by atoms with Crippen molar-refractivity contribution >= 4 is 23.5 Å². The van der Waals surface area contributed by atoms with Gasteiger partial charge in [-0.2, -0.15) is 0 Å². The largest absolute Gasteiger partial charge is 0.481 e. The molecule has 6 heteroatoms. The predicted octanol–water partition coefficient (Wildman–Crippen LogP) is 3.10. The van der Waals surface area contributed by atoms with Gasteiger partial charge in [0, 0.05) is 5.69 Å². The summed E-state index contributed by atoms with van der Waals surface area (Å²) in [6.07, 6.45) is 6.35. The number of aliphatic carboxylic acids is 1. The van der Waals surface area contributed by atoms with Gasteiger partial charge >= 0.3 is 11.9 Å². The molecule has 2 N–H and O–H groups in total. The van der Waals surface area contributed by atoms with Crippen molar-refractivity contribution in [2.75, 3.05) is 11.9 Å². The lowest BCUT2D eigenvalue weighted by atomic mass is 9.82. The van der Waals surface area contributed by atoms with Crippen LogP contribution < -0.4 is 5.32 Å². The number of carboxylic acids is 1. The first-order valence-electron chi connectivity index (χ1n) is 9.00. The molecule has 2 aliphatic rings. The summed E-state index contributed by atoms with van der Waals surface area (Å²) < 4.78 is 5.15. The Balaban J connectivity index is 1.62. The van der Waals surface area contributed by atoms with Crippen LogP contribution in [0.1, 0.15) is 36.5 Å². The van der Waals surface area contributed by atoms with Crippen LogP contribution in [0, 0.1) is 23.7 Å². The third-order valence-electron chi connectivity index (χ3n) is 5.17. The van der Waals surface area contributed by atoms with Gasteiger partial charge < -0.3 is 15.2 Å². The summed E-state index contributed by atoms with van der Waals surface area (Å²) >= 11 is 0. The number of carbonyl (C=O) groups excluding carboxylic acids is 2. The van der Waals surface area contributed by atoms with E-state index < -0.39 is 17.8 Å². The molecule has 0 spiro atoms. The third-order valence-corrected chi connectivity index (χ3v) is 5.17. The van der Waals surface area contributed by atoms with Crippen LogP contribution in [0.5, 0.6) is 0 Å². The van der Waals surface area contributed by atoms with Gasteiger partial charge in [-0.15, -0.1) is 0 Å². The first-order valence-corrected chi connectivity index (χ1v) is 9.00. The lowest BCUT2D eigenvalue weighted by Gasteiger charge is -2.23. The molecule has 4 atom stereocenters. The molecule has 0 saturated heterocycles. The Hall–Kier alpha value is -2.63. The third kappa shape index (κ3) is 3.64. The molecular weight excluding hydrogens is 334 g/mol. The number of nitrogens with one attached hydrogen (secondary N) is 1. The fourth-order valence-corrected chi connectivity index (χ4v) is 3.82. The molecule has 26 heavy (non-hydrogen) atoms. The van der Waals surface area contributed by atoms with E-state index in [4.69, 9.17) is 4.74 Å². The molecule has 0 aromatic heterocycles. The molecule has 1 saturated carbocycles. The normalized spacial score (nSPS) is 25.9. The number of allylic oxidation sites excluding steroid dienone is 2. The lowest BCUT2D eigenvalue weighted by Crippen LogP contribution is -2.36. The van der Waals surface area contributed by atoms with Crippen LogP contribution in [0.15, 0.2) is 36.4 Å². The van der Waals surface area contributed by atoms with E-state index >= 15 is 0 Å². The van der Waals surface area contributed by atoms with Crippen molar-refractivity contribution < 1.29 is 24.2 Å². The number of carbonyl (C=O) groups is 3. The fourth-order valence-electron chi connectivity index (χ4n) is 3.82. The number of anilines is 1. The second kappa shape index (κ2) is 7.72. The van der Waals surface area contributed by atoms with Crippen molar-refractivity contribution in [3.05, 3.63) is 42.0 Å². The molecule has 1 fully saturated rings. The van der Waals surface area contributed by atoms with Gasteiger partial charge in [0.2, 0.25) is 5.91 Å². The second-order valence-corrected chi connectivity index (χ2v) is 6.89. The van der Waals surface area contributed by atoms with Crippen molar-refractivity contribution in [2.24, 2.45) is 23.7 Å². The van der Waals surface area contributed by atoms with Crippen molar-refractivity contribution in [2.45, 2.75) is 26.2 Å².